The number of hydrogen-bond donors (Lipinski definition) is 3. The number of nitrogens with one attached hydrogen (secondary N) is 1. The zero-order chi connectivity index (χ0) is 16.9. The maximum atomic E-state index is 11.2. The molecule has 5 nitrogen and oxygen atoms in total. The molecule has 23 heavy (non-hydrogen) atoms. The van der Waals surface area contributed by atoms with Gasteiger partial charge < -0.3 is 15.6 Å². The van der Waals surface area contributed by atoms with Gasteiger partial charge in [-0.1, -0.05) is 60.7 Å². The van der Waals surface area contributed by atoms with E-state index in [1.807, 2.05) is 60.7 Å². The van der Waals surface area contributed by atoms with Gasteiger partial charge in [-0.2, -0.15) is 0 Å². The standard InChI is InChI=1S/C10H13NO3S.C7H9N/c12-10(6-7-15(13)14)11-8-9-4-2-1-3-5-9;8-6-7-4-2-1-3-5-7/h1-5H,6-8H2,(H,11,12)(H,13,14);1-5H,6,8H2. The molecule has 0 aliphatic heterocycles. The molecule has 124 valence electrons. The first-order valence-corrected chi connectivity index (χ1v) is 8.51. The zero-order valence-corrected chi connectivity index (χ0v) is 13.7. The SMILES string of the molecule is NCc1ccccc1.O=C(CCS(=O)O)NCc1ccccc1. The van der Waals surface area contributed by atoms with Crippen molar-refractivity contribution >= 4 is 17.0 Å². The smallest absolute Gasteiger partial charge is 0.221 e. The minimum atomic E-state index is -1.90. The number of benzene rings is 2. The molecular weight excluding hydrogens is 312 g/mol. The van der Waals surface area contributed by atoms with Crippen LogP contribution in [-0.4, -0.2) is 20.4 Å². The molecule has 0 fully saturated rings. The summed E-state index contributed by atoms with van der Waals surface area (Å²) in [6.45, 7) is 1.10. The molecule has 0 spiro atoms. The third kappa shape index (κ3) is 9.57. The second-order valence-electron chi connectivity index (χ2n) is 4.73. The van der Waals surface area contributed by atoms with Crippen LogP contribution in [-0.2, 0) is 29.0 Å². The summed E-state index contributed by atoms with van der Waals surface area (Å²) in [4.78, 5) is 11.2. The second kappa shape index (κ2) is 11.5. The van der Waals surface area contributed by atoms with E-state index in [1.165, 1.54) is 5.56 Å². The van der Waals surface area contributed by atoms with Crippen molar-refractivity contribution in [1.82, 2.24) is 5.32 Å². The van der Waals surface area contributed by atoms with Gasteiger partial charge in [-0.15, -0.1) is 0 Å². The van der Waals surface area contributed by atoms with Crippen LogP contribution in [0.25, 0.3) is 0 Å². The van der Waals surface area contributed by atoms with Gasteiger partial charge >= 0.3 is 0 Å². The largest absolute Gasteiger partial charge is 0.352 e. The molecule has 0 aliphatic rings. The van der Waals surface area contributed by atoms with Crippen molar-refractivity contribution in [3.05, 3.63) is 71.8 Å². The molecule has 0 saturated carbocycles. The molecule has 2 aromatic carbocycles. The van der Waals surface area contributed by atoms with E-state index in [4.69, 9.17) is 10.3 Å². The first-order valence-electron chi connectivity index (χ1n) is 7.24. The van der Waals surface area contributed by atoms with E-state index in [9.17, 15) is 9.00 Å². The highest BCUT2D eigenvalue weighted by Gasteiger charge is 2.03. The van der Waals surface area contributed by atoms with Crippen molar-refractivity contribution in [3.8, 4) is 0 Å². The fraction of sp³-hybridized carbons (Fsp3) is 0.235. The molecule has 1 amide bonds. The fourth-order valence-electron chi connectivity index (χ4n) is 1.68. The van der Waals surface area contributed by atoms with E-state index < -0.39 is 11.1 Å². The molecule has 0 aliphatic carbocycles. The van der Waals surface area contributed by atoms with E-state index in [0.717, 1.165) is 5.56 Å². The van der Waals surface area contributed by atoms with Crippen molar-refractivity contribution in [2.24, 2.45) is 5.73 Å². The molecule has 0 radical (unpaired) electrons. The van der Waals surface area contributed by atoms with Crippen LogP contribution in [0.2, 0.25) is 0 Å². The number of nitrogens with two attached hydrogens (primary N) is 1. The van der Waals surface area contributed by atoms with Crippen LogP contribution in [0, 0.1) is 0 Å². The summed E-state index contributed by atoms with van der Waals surface area (Å²) < 4.78 is 18.8. The Morgan fingerprint density at radius 3 is 1.96 bits per heavy atom. The van der Waals surface area contributed by atoms with Gasteiger partial charge in [0.15, 0.2) is 11.1 Å². The number of amides is 1. The van der Waals surface area contributed by atoms with Crippen molar-refractivity contribution in [1.29, 1.82) is 0 Å². The quantitative estimate of drug-likeness (QED) is 0.705. The van der Waals surface area contributed by atoms with Gasteiger partial charge in [0.2, 0.25) is 5.91 Å². The lowest BCUT2D eigenvalue weighted by molar-refractivity contribution is -0.120. The molecule has 0 heterocycles. The Kier molecular flexibility index (Phi) is 9.54. The van der Waals surface area contributed by atoms with Crippen LogP contribution < -0.4 is 11.1 Å². The zero-order valence-electron chi connectivity index (χ0n) is 12.9. The molecule has 0 aromatic heterocycles. The van der Waals surface area contributed by atoms with E-state index in [-0.39, 0.29) is 18.1 Å². The monoisotopic (exact) mass is 334 g/mol. The maximum Gasteiger partial charge on any atom is 0.221 e. The first-order chi connectivity index (χ1) is 11.1. The Morgan fingerprint density at radius 1 is 1.00 bits per heavy atom. The lowest BCUT2D eigenvalue weighted by Crippen LogP contribution is -2.24. The normalized spacial score (nSPS) is 11.0. The van der Waals surface area contributed by atoms with Gasteiger partial charge in [0.05, 0.1) is 5.75 Å². The molecule has 1 unspecified atom stereocenters. The third-order valence-corrected chi connectivity index (χ3v) is 3.47. The number of carbonyl (C=O) groups is 1. The molecule has 6 heteroatoms. The maximum absolute atomic E-state index is 11.2. The van der Waals surface area contributed by atoms with Gasteiger partial charge in [-0.05, 0) is 11.1 Å². The van der Waals surface area contributed by atoms with Crippen LogP contribution in [0.1, 0.15) is 17.5 Å². The summed E-state index contributed by atoms with van der Waals surface area (Å²) in [5.41, 5.74) is 7.55. The van der Waals surface area contributed by atoms with Gasteiger partial charge in [-0.25, -0.2) is 4.21 Å². The summed E-state index contributed by atoms with van der Waals surface area (Å²) in [7, 11) is 0. The van der Waals surface area contributed by atoms with Crippen LogP contribution in [0.5, 0.6) is 0 Å². The minimum Gasteiger partial charge on any atom is -0.352 e. The molecular formula is C17H22N2O3S. The highest BCUT2D eigenvalue weighted by atomic mass is 32.2. The molecule has 2 aromatic rings. The predicted molar refractivity (Wildman–Crippen MR) is 92.9 cm³/mol. The first kappa shape index (κ1) is 19.0. The molecule has 2 rings (SSSR count). The van der Waals surface area contributed by atoms with Crippen molar-refractivity contribution < 1.29 is 13.6 Å². The van der Waals surface area contributed by atoms with Crippen LogP contribution in [0.4, 0.5) is 0 Å². The summed E-state index contributed by atoms with van der Waals surface area (Å²) in [5, 5.41) is 2.67. The van der Waals surface area contributed by atoms with E-state index in [0.29, 0.717) is 13.1 Å². The topological polar surface area (TPSA) is 92.4 Å². The van der Waals surface area contributed by atoms with Gasteiger partial charge in [-0.3, -0.25) is 4.79 Å². The van der Waals surface area contributed by atoms with Crippen molar-refractivity contribution in [2.45, 2.75) is 19.5 Å². The second-order valence-corrected chi connectivity index (χ2v) is 5.78. The van der Waals surface area contributed by atoms with E-state index >= 15 is 0 Å². The molecule has 4 N–H and O–H groups in total. The molecule has 0 bridgehead atoms. The van der Waals surface area contributed by atoms with Gasteiger partial charge in [0.25, 0.3) is 0 Å². The average Bonchev–Trinajstić information content (AvgIpc) is 2.60. The van der Waals surface area contributed by atoms with Crippen molar-refractivity contribution in [2.75, 3.05) is 5.75 Å². The highest BCUT2D eigenvalue weighted by molar-refractivity contribution is 7.79. The van der Waals surface area contributed by atoms with Gasteiger partial charge in [0, 0.05) is 19.5 Å². The number of carbonyl (C=O) groups excluding carboxylic acids is 1. The van der Waals surface area contributed by atoms with Crippen LogP contribution in [0.3, 0.4) is 0 Å². The van der Waals surface area contributed by atoms with E-state index in [2.05, 4.69) is 5.32 Å². The Morgan fingerprint density at radius 2 is 1.52 bits per heavy atom. The molecule has 0 saturated heterocycles. The summed E-state index contributed by atoms with van der Waals surface area (Å²) in [6.07, 6.45) is 0.0793. The average molecular weight is 334 g/mol. The lowest BCUT2D eigenvalue weighted by Gasteiger charge is -2.03. The number of hydrogen-bond acceptors (Lipinski definition) is 3. The lowest BCUT2D eigenvalue weighted by atomic mass is 10.2. The minimum absolute atomic E-state index is 0.0133. The Labute approximate surface area is 139 Å². The van der Waals surface area contributed by atoms with E-state index in [1.54, 1.807) is 0 Å². The van der Waals surface area contributed by atoms with Crippen LogP contribution >= 0.6 is 0 Å². The highest BCUT2D eigenvalue weighted by Crippen LogP contribution is 1.97. The predicted octanol–water partition coefficient (Wildman–Crippen LogP) is 2.06. The summed E-state index contributed by atoms with van der Waals surface area (Å²) in [6, 6.07) is 19.5. The number of rotatable bonds is 6. The Bertz CT molecular complexity index is 591. The Hall–Kier alpha value is -2.02. The van der Waals surface area contributed by atoms with Gasteiger partial charge in [0.1, 0.15) is 0 Å². The van der Waals surface area contributed by atoms with Crippen LogP contribution in [0.15, 0.2) is 60.7 Å². The fourth-order valence-corrected chi connectivity index (χ4v) is 2.04. The Balaban J connectivity index is 0.000000277. The third-order valence-electron chi connectivity index (χ3n) is 2.91. The summed E-state index contributed by atoms with van der Waals surface area (Å²) in [5.74, 6) is -0.220. The summed E-state index contributed by atoms with van der Waals surface area (Å²) >= 11 is -1.90. The molecule has 1 atom stereocenters. The van der Waals surface area contributed by atoms with Crippen molar-refractivity contribution in [3.63, 3.8) is 0 Å².